The number of fused-ring (bicyclic) bond motifs is 2. The lowest BCUT2D eigenvalue weighted by Crippen LogP contribution is -2.69. The van der Waals surface area contributed by atoms with Crippen LogP contribution >= 0.6 is 0 Å². The quantitative estimate of drug-likeness (QED) is 0.0554. The average molecular weight is 805 g/mol. The van der Waals surface area contributed by atoms with Gasteiger partial charge < -0.3 is 34.2 Å². The Kier molecular flexibility index (Phi) is 18.1. The molecule has 2 aromatic carbocycles. The van der Waals surface area contributed by atoms with Crippen molar-refractivity contribution in [3.8, 4) is 11.5 Å². The van der Waals surface area contributed by atoms with Gasteiger partial charge in [0, 0.05) is 50.1 Å². The molecule has 10 heteroatoms. The van der Waals surface area contributed by atoms with E-state index in [1.807, 2.05) is 30.1 Å². The molecule has 9 nitrogen and oxygen atoms in total. The predicted octanol–water partition coefficient (Wildman–Crippen LogP) is 10.0. The lowest BCUT2D eigenvalue weighted by Gasteiger charge is -2.59. The molecular formula is C48H69FN2O7. The standard InChI is InChI=1S/C48H69FN2O7/c1-5-7-8-9-10-11-12-13-14-25-45(54)51(3)44-33-42(50-55-4)39-31-35(21-17-19-28-52)38(23-18-20-29-53)46-40-32-37(56-34-36-22-15-16-24-41(36)49)26-27-43(40)58-48(44,47(39)46)57-30-6-2/h6,15-16,22,24,26-27,31-32,35,38,44,46-47,52-53H,2,5,7-14,17-21,23,25,28-30,33-34H2,1,3-4H3/t35-,38+,44-,46+,47+,48+/m0/s1. The Morgan fingerprint density at radius 3 is 2.38 bits per heavy atom. The van der Waals surface area contributed by atoms with Crippen molar-refractivity contribution in [2.24, 2.45) is 22.9 Å². The molecule has 0 aromatic heterocycles. The second kappa shape index (κ2) is 23.2. The van der Waals surface area contributed by atoms with E-state index in [-0.39, 0.29) is 61.8 Å². The molecular weight excluding hydrogens is 736 g/mol. The summed E-state index contributed by atoms with van der Waals surface area (Å²) in [5, 5.41) is 24.3. The number of hydrogen-bond donors (Lipinski definition) is 2. The van der Waals surface area contributed by atoms with Gasteiger partial charge in [-0.15, -0.1) is 6.58 Å². The molecule has 2 aliphatic carbocycles. The molecule has 5 rings (SSSR count). The summed E-state index contributed by atoms with van der Waals surface area (Å²) in [6.07, 6.45) is 20.2. The largest absolute Gasteiger partial charge is 0.489 e. The Morgan fingerprint density at radius 1 is 0.983 bits per heavy atom. The average Bonchev–Trinajstić information content (AvgIpc) is 3.23. The minimum absolute atomic E-state index is 0.0405. The number of carbonyl (C=O) groups excluding carboxylic acids is 1. The van der Waals surface area contributed by atoms with Gasteiger partial charge >= 0.3 is 0 Å². The zero-order chi connectivity index (χ0) is 41.3. The number of benzene rings is 2. The van der Waals surface area contributed by atoms with E-state index in [1.54, 1.807) is 31.4 Å². The van der Waals surface area contributed by atoms with E-state index in [4.69, 9.17) is 19.0 Å². The minimum Gasteiger partial charge on any atom is -0.489 e. The number of allylic oxidation sites excluding steroid dienone is 1. The van der Waals surface area contributed by atoms with E-state index < -0.39 is 11.8 Å². The number of rotatable bonds is 26. The van der Waals surface area contributed by atoms with Crippen LogP contribution in [0.25, 0.3) is 0 Å². The third kappa shape index (κ3) is 11.1. The van der Waals surface area contributed by atoms with Crippen molar-refractivity contribution in [1.29, 1.82) is 0 Å². The van der Waals surface area contributed by atoms with E-state index in [0.29, 0.717) is 42.7 Å². The number of oxime groups is 1. The Hall–Kier alpha value is -3.73. The first-order chi connectivity index (χ1) is 28.3. The van der Waals surface area contributed by atoms with Crippen molar-refractivity contribution in [3.05, 3.63) is 83.7 Å². The smallest absolute Gasteiger partial charge is 0.239 e. The summed E-state index contributed by atoms with van der Waals surface area (Å²) in [5.74, 6) is -0.633. The van der Waals surface area contributed by atoms with Crippen LogP contribution in [0.2, 0.25) is 0 Å². The molecule has 6 atom stereocenters. The molecule has 0 unspecified atom stereocenters. The number of ether oxygens (including phenoxy) is 3. The van der Waals surface area contributed by atoms with E-state index in [2.05, 4.69) is 24.7 Å². The van der Waals surface area contributed by atoms with Crippen molar-refractivity contribution >= 4 is 11.6 Å². The first-order valence-corrected chi connectivity index (χ1v) is 22.1. The predicted molar refractivity (Wildman–Crippen MR) is 227 cm³/mol. The molecule has 0 bridgehead atoms. The summed E-state index contributed by atoms with van der Waals surface area (Å²) < 4.78 is 35.1. The summed E-state index contributed by atoms with van der Waals surface area (Å²) >= 11 is 0. The van der Waals surface area contributed by atoms with Gasteiger partial charge in [-0.25, -0.2) is 4.39 Å². The SMILES string of the molecule is C=CCO[C@@]12Oc3ccc(OCc4ccccc4F)cc3[C@H]3[C@H](CCCCO)[C@@H](CCCCO)C=C(C(=NOC)C[C@@H]1N(C)C(=O)CCCCCCCCCCC)[C@H]32. The highest BCUT2D eigenvalue weighted by Crippen LogP contribution is 2.61. The fraction of sp³-hybridized carbons (Fsp3) is 0.625. The van der Waals surface area contributed by atoms with Gasteiger partial charge in [0.15, 0.2) is 0 Å². The molecule has 320 valence electrons. The number of likely N-dealkylation sites (N-methyl/N-ethyl adjacent to an activating group) is 1. The molecule has 58 heavy (non-hydrogen) atoms. The van der Waals surface area contributed by atoms with E-state index in [9.17, 15) is 19.4 Å². The Morgan fingerprint density at radius 2 is 1.69 bits per heavy atom. The number of unbranched alkanes of at least 4 members (excludes halogenated alkanes) is 10. The molecule has 1 fully saturated rings. The first kappa shape index (κ1) is 45.4. The van der Waals surface area contributed by atoms with Gasteiger partial charge in [0.1, 0.15) is 37.1 Å². The monoisotopic (exact) mass is 805 g/mol. The number of hydrogen-bond acceptors (Lipinski definition) is 8. The van der Waals surface area contributed by atoms with Gasteiger partial charge in [-0.05, 0) is 73.8 Å². The topological polar surface area (TPSA) is 110 Å². The number of aliphatic hydroxyl groups excluding tert-OH is 2. The van der Waals surface area contributed by atoms with Crippen LogP contribution in [0, 0.1) is 23.6 Å². The summed E-state index contributed by atoms with van der Waals surface area (Å²) in [4.78, 5) is 21.6. The molecule has 1 aliphatic heterocycles. The molecule has 0 saturated heterocycles. The van der Waals surface area contributed by atoms with Gasteiger partial charge in [0.25, 0.3) is 0 Å². The zero-order valence-electron chi connectivity index (χ0n) is 35.3. The summed E-state index contributed by atoms with van der Waals surface area (Å²) in [6, 6.07) is 11.9. The van der Waals surface area contributed by atoms with E-state index in [0.717, 1.165) is 61.8 Å². The van der Waals surface area contributed by atoms with Crippen LogP contribution in [-0.4, -0.2) is 72.5 Å². The molecule has 1 saturated carbocycles. The highest BCUT2D eigenvalue weighted by molar-refractivity contribution is 6.03. The minimum atomic E-state index is -1.28. The number of nitrogens with zero attached hydrogens (tertiary/aromatic N) is 2. The molecule has 3 aliphatic rings. The van der Waals surface area contributed by atoms with Gasteiger partial charge in [0.2, 0.25) is 11.7 Å². The maximum absolute atomic E-state index is 14.6. The maximum atomic E-state index is 14.6. The molecule has 1 amide bonds. The van der Waals surface area contributed by atoms with Crippen LogP contribution in [0.5, 0.6) is 11.5 Å². The summed E-state index contributed by atoms with van der Waals surface area (Å²) in [7, 11) is 3.42. The van der Waals surface area contributed by atoms with Crippen molar-refractivity contribution in [1.82, 2.24) is 4.90 Å². The number of amides is 1. The molecule has 0 spiro atoms. The number of aliphatic hydroxyl groups is 2. The van der Waals surface area contributed by atoms with Crippen LogP contribution in [-0.2, 0) is 21.0 Å². The van der Waals surface area contributed by atoms with Gasteiger partial charge in [-0.2, -0.15) is 0 Å². The second-order valence-corrected chi connectivity index (χ2v) is 16.4. The van der Waals surface area contributed by atoms with Crippen molar-refractivity contribution < 1.29 is 38.4 Å². The van der Waals surface area contributed by atoms with Gasteiger partial charge in [-0.3, -0.25) is 4.79 Å². The van der Waals surface area contributed by atoms with E-state index in [1.165, 1.54) is 44.6 Å². The van der Waals surface area contributed by atoms with Crippen molar-refractivity contribution in [2.45, 2.75) is 140 Å². The lowest BCUT2D eigenvalue weighted by molar-refractivity contribution is -0.255. The number of carbonyl (C=O) groups is 1. The van der Waals surface area contributed by atoms with Crippen LogP contribution < -0.4 is 9.47 Å². The van der Waals surface area contributed by atoms with Gasteiger partial charge in [-0.1, -0.05) is 107 Å². The molecule has 2 aromatic rings. The first-order valence-electron chi connectivity index (χ1n) is 22.1. The highest BCUT2D eigenvalue weighted by Gasteiger charge is 2.65. The number of halogens is 1. The Balaban J connectivity index is 1.55. The molecule has 1 heterocycles. The summed E-state index contributed by atoms with van der Waals surface area (Å²) in [6.45, 7) is 6.75. The second-order valence-electron chi connectivity index (χ2n) is 16.4. The van der Waals surface area contributed by atoms with Crippen LogP contribution in [0.15, 0.2) is 71.9 Å². The summed E-state index contributed by atoms with van der Waals surface area (Å²) in [5.41, 5.74) is 3.18. The van der Waals surface area contributed by atoms with E-state index >= 15 is 0 Å². The fourth-order valence-electron chi connectivity index (χ4n) is 9.64. The molecule has 0 radical (unpaired) electrons. The van der Waals surface area contributed by atoms with Crippen molar-refractivity contribution in [2.75, 3.05) is 34.0 Å². The lowest BCUT2D eigenvalue weighted by atomic mass is 9.55. The van der Waals surface area contributed by atoms with Crippen molar-refractivity contribution in [3.63, 3.8) is 0 Å². The highest BCUT2D eigenvalue weighted by atomic mass is 19.1. The maximum Gasteiger partial charge on any atom is 0.239 e. The van der Waals surface area contributed by atoms with Crippen LogP contribution in [0.1, 0.15) is 133 Å². The molecule has 2 N–H and O–H groups in total. The normalized spacial score (nSPS) is 24.0. The zero-order valence-corrected chi connectivity index (χ0v) is 35.3. The fourth-order valence-corrected chi connectivity index (χ4v) is 9.64. The third-order valence-corrected chi connectivity index (χ3v) is 12.6. The van der Waals surface area contributed by atoms with Crippen LogP contribution in [0.4, 0.5) is 4.39 Å². The Labute approximate surface area is 346 Å². The van der Waals surface area contributed by atoms with Gasteiger partial charge in [0.05, 0.1) is 18.2 Å². The van der Waals surface area contributed by atoms with Crippen LogP contribution in [0.3, 0.4) is 0 Å². The third-order valence-electron chi connectivity index (χ3n) is 12.6. The Bertz CT molecular complexity index is 1660.